The van der Waals surface area contributed by atoms with Crippen LogP contribution in [0.5, 0.6) is 0 Å². The molecule has 0 aliphatic carbocycles. The Hall–Kier alpha value is -1.31. The molecule has 1 fully saturated rings. The van der Waals surface area contributed by atoms with Gasteiger partial charge in [-0.2, -0.15) is 5.26 Å². The number of aliphatic hydroxyl groups is 1. The molecule has 0 aromatic carbocycles. The van der Waals surface area contributed by atoms with Gasteiger partial charge in [0, 0.05) is 19.7 Å². The third-order valence-corrected chi connectivity index (χ3v) is 3.62. The number of hydrogen-bond donors (Lipinski definition) is 1. The number of halogens is 1. The average molecular weight is 266 g/mol. The van der Waals surface area contributed by atoms with Crippen LogP contribution in [0.2, 0.25) is 5.02 Å². The SMILES string of the molecule is N#Cc1nc(N2CCC[C@H](CCO)C2)ccc1Cl. The molecule has 1 aliphatic heterocycles. The molecule has 0 radical (unpaired) electrons. The highest BCUT2D eigenvalue weighted by molar-refractivity contribution is 6.31. The molecule has 0 amide bonds. The summed E-state index contributed by atoms with van der Waals surface area (Å²) in [6.45, 7) is 2.07. The third kappa shape index (κ3) is 2.92. The van der Waals surface area contributed by atoms with Gasteiger partial charge in [-0.3, -0.25) is 0 Å². The van der Waals surface area contributed by atoms with E-state index in [1.807, 2.05) is 12.1 Å². The van der Waals surface area contributed by atoms with Gasteiger partial charge in [0.2, 0.25) is 0 Å². The molecule has 0 unspecified atom stereocenters. The Morgan fingerprint density at radius 1 is 1.56 bits per heavy atom. The number of aromatic nitrogens is 1. The van der Waals surface area contributed by atoms with Gasteiger partial charge >= 0.3 is 0 Å². The molecule has 1 aromatic rings. The van der Waals surface area contributed by atoms with Crippen LogP contribution in [-0.4, -0.2) is 29.8 Å². The van der Waals surface area contributed by atoms with Crippen LogP contribution in [0, 0.1) is 17.2 Å². The lowest BCUT2D eigenvalue weighted by Gasteiger charge is -2.33. The zero-order valence-corrected chi connectivity index (χ0v) is 10.9. The highest BCUT2D eigenvalue weighted by atomic mass is 35.5. The van der Waals surface area contributed by atoms with Crippen LogP contribution >= 0.6 is 11.6 Å². The molecule has 18 heavy (non-hydrogen) atoms. The highest BCUT2D eigenvalue weighted by Gasteiger charge is 2.21. The molecule has 0 saturated carbocycles. The van der Waals surface area contributed by atoms with Gasteiger partial charge in [-0.05, 0) is 37.3 Å². The molecule has 5 heteroatoms. The van der Waals surface area contributed by atoms with Gasteiger partial charge < -0.3 is 10.0 Å². The summed E-state index contributed by atoms with van der Waals surface area (Å²) in [4.78, 5) is 6.45. The van der Waals surface area contributed by atoms with Crippen LogP contribution < -0.4 is 4.90 Å². The minimum Gasteiger partial charge on any atom is -0.396 e. The van der Waals surface area contributed by atoms with Gasteiger partial charge in [0.25, 0.3) is 0 Å². The monoisotopic (exact) mass is 265 g/mol. The number of piperidine rings is 1. The molecule has 96 valence electrons. The van der Waals surface area contributed by atoms with Gasteiger partial charge in [-0.15, -0.1) is 0 Å². The normalized spacial score (nSPS) is 19.6. The summed E-state index contributed by atoms with van der Waals surface area (Å²) >= 11 is 5.88. The summed E-state index contributed by atoms with van der Waals surface area (Å²) in [7, 11) is 0. The van der Waals surface area contributed by atoms with Gasteiger partial charge in [0.1, 0.15) is 11.9 Å². The second-order valence-electron chi connectivity index (χ2n) is 4.58. The Morgan fingerprint density at radius 2 is 2.39 bits per heavy atom. The third-order valence-electron chi connectivity index (χ3n) is 3.32. The maximum absolute atomic E-state index is 9.00. The van der Waals surface area contributed by atoms with E-state index in [0.29, 0.717) is 10.9 Å². The minimum absolute atomic E-state index is 0.232. The van der Waals surface area contributed by atoms with Crippen molar-refractivity contribution in [2.24, 2.45) is 5.92 Å². The lowest BCUT2D eigenvalue weighted by Crippen LogP contribution is -2.36. The predicted molar refractivity (Wildman–Crippen MR) is 70.6 cm³/mol. The van der Waals surface area contributed by atoms with Crippen LogP contribution in [0.3, 0.4) is 0 Å². The lowest BCUT2D eigenvalue weighted by molar-refractivity contribution is 0.244. The molecule has 0 spiro atoms. The zero-order valence-electron chi connectivity index (χ0n) is 10.1. The first-order chi connectivity index (χ1) is 8.74. The Bertz CT molecular complexity index is 456. The Balaban J connectivity index is 2.13. The first kappa shape index (κ1) is 13.1. The number of nitriles is 1. The van der Waals surface area contributed by atoms with Crippen LogP contribution in [-0.2, 0) is 0 Å². The minimum atomic E-state index is 0.232. The van der Waals surface area contributed by atoms with Crippen molar-refractivity contribution in [3.8, 4) is 6.07 Å². The number of hydrogen-bond acceptors (Lipinski definition) is 4. The first-order valence-electron chi connectivity index (χ1n) is 6.17. The van der Waals surface area contributed by atoms with Crippen molar-refractivity contribution < 1.29 is 5.11 Å². The van der Waals surface area contributed by atoms with E-state index < -0.39 is 0 Å². The van der Waals surface area contributed by atoms with Crippen molar-refractivity contribution in [2.75, 3.05) is 24.6 Å². The smallest absolute Gasteiger partial charge is 0.161 e. The van der Waals surface area contributed by atoms with Gasteiger partial charge in [0.15, 0.2) is 5.69 Å². The maximum Gasteiger partial charge on any atom is 0.161 e. The van der Waals surface area contributed by atoms with Gasteiger partial charge in [-0.1, -0.05) is 11.6 Å². The summed E-state index contributed by atoms with van der Waals surface area (Å²) in [6.07, 6.45) is 3.07. The molecular formula is C13H16ClN3O. The van der Waals surface area contributed by atoms with Crippen molar-refractivity contribution in [1.82, 2.24) is 4.98 Å². The largest absolute Gasteiger partial charge is 0.396 e. The van der Waals surface area contributed by atoms with Crippen molar-refractivity contribution in [2.45, 2.75) is 19.3 Å². The van der Waals surface area contributed by atoms with Gasteiger partial charge in [0.05, 0.1) is 5.02 Å². The molecule has 0 bridgehead atoms. The standard InChI is InChI=1S/C13H16ClN3O/c14-11-3-4-13(16-12(11)8-15)17-6-1-2-10(9-17)5-7-18/h3-4,10,18H,1-2,5-7,9H2/t10-/m1/s1. The van der Waals surface area contributed by atoms with E-state index in [1.54, 1.807) is 6.07 Å². The Labute approximate surface area is 112 Å². The van der Waals surface area contributed by atoms with Crippen LogP contribution in [0.4, 0.5) is 5.82 Å². The summed E-state index contributed by atoms with van der Waals surface area (Å²) in [5.41, 5.74) is 0.276. The maximum atomic E-state index is 9.00. The van der Waals surface area contributed by atoms with Crippen molar-refractivity contribution in [1.29, 1.82) is 5.26 Å². The van der Waals surface area contributed by atoms with Crippen LogP contribution in [0.1, 0.15) is 25.0 Å². The Morgan fingerprint density at radius 3 is 3.11 bits per heavy atom. The summed E-state index contributed by atoms with van der Waals surface area (Å²) in [6, 6.07) is 5.57. The summed E-state index contributed by atoms with van der Waals surface area (Å²) in [5, 5.41) is 18.3. The number of aliphatic hydroxyl groups excluding tert-OH is 1. The van der Waals surface area contributed by atoms with E-state index in [-0.39, 0.29) is 12.3 Å². The van der Waals surface area contributed by atoms with E-state index in [1.165, 1.54) is 0 Å². The second-order valence-corrected chi connectivity index (χ2v) is 4.99. The quantitative estimate of drug-likeness (QED) is 0.910. The molecule has 2 rings (SSSR count). The first-order valence-corrected chi connectivity index (χ1v) is 6.55. The van der Waals surface area contributed by atoms with E-state index >= 15 is 0 Å². The number of rotatable bonds is 3. The molecule has 4 nitrogen and oxygen atoms in total. The molecule has 1 aromatic heterocycles. The van der Waals surface area contributed by atoms with Crippen molar-refractivity contribution in [3.63, 3.8) is 0 Å². The number of anilines is 1. The molecule has 2 heterocycles. The molecular weight excluding hydrogens is 250 g/mol. The van der Waals surface area contributed by atoms with Crippen molar-refractivity contribution >= 4 is 17.4 Å². The molecule has 1 aliphatic rings. The fourth-order valence-corrected chi connectivity index (χ4v) is 2.53. The Kier molecular flexibility index (Phi) is 4.40. The fraction of sp³-hybridized carbons (Fsp3) is 0.538. The van der Waals surface area contributed by atoms with E-state index in [9.17, 15) is 0 Å². The molecule has 1 N–H and O–H groups in total. The predicted octanol–water partition coefficient (Wildman–Crippen LogP) is 2.21. The van der Waals surface area contributed by atoms with Gasteiger partial charge in [-0.25, -0.2) is 4.98 Å². The average Bonchev–Trinajstić information content (AvgIpc) is 2.40. The molecule has 1 atom stereocenters. The highest BCUT2D eigenvalue weighted by Crippen LogP contribution is 2.25. The molecule has 1 saturated heterocycles. The summed E-state index contributed by atoms with van der Waals surface area (Å²) < 4.78 is 0. The topological polar surface area (TPSA) is 60.2 Å². The number of nitrogens with zero attached hydrogens (tertiary/aromatic N) is 3. The van der Waals surface area contributed by atoms with Crippen molar-refractivity contribution in [3.05, 3.63) is 22.8 Å². The second kappa shape index (κ2) is 6.03. The lowest BCUT2D eigenvalue weighted by atomic mass is 9.95. The van der Waals surface area contributed by atoms with E-state index in [2.05, 4.69) is 9.88 Å². The van der Waals surface area contributed by atoms with E-state index in [0.717, 1.165) is 38.2 Å². The fourth-order valence-electron chi connectivity index (χ4n) is 2.38. The summed E-state index contributed by atoms with van der Waals surface area (Å²) in [5.74, 6) is 1.31. The van der Waals surface area contributed by atoms with Crippen LogP contribution in [0.15, 0.2) is 12.1 Å². The van der Waals surface area contributed by atoms with Crippen LogP contribution in [0.25, 0.3) is 0 Å². The number of pyridine rings is 1. The van der Waals surface area contributed by atoms with E-state index in [4.69, 9.17) is 22.0 Å². The zero-order chi connectivity index (χ0) is 13.0.